The summed E-state index contributed by atoms with van der Waals surface area (Å²) in [5.41, 5.74) is 0.801. The van der Waals surface area contributed by atoms with Gasteiger partial charge in [0.25, 0.3) is 0 Å². The van der Waals surface area contributed by atoms with Gasteiger partial charge in [0.15, 0.2) is 11.6 Å². The van der Waals surface area contributed by atoms with Gasteiger partial charge in [-0.25, -0.2) is 8.42 Å². The maximum absolute atomic E-state index is 12.4. The highest BCUT2D eigenvalue weighted by atomic mass is 32.2. The van der Waals surface area contributed by atoms with Gasteiger partial charge in [0.2, 0.25) is 10.0 Å². The Morgan fingerprint density at radius 1 is 1.24 bits per heavy atom. The smallest absolute Gasteiger partial charge is 0.241 e. The number of aryl methyl sites for hydroxylation is 1. The van der Waals surface area contributed by atoms with Crippen molar-refractivity contribution >= 4 is 21.6 Å². The highest BCUT2D eigenvalue weighted by molar-refractivity contribution is 7.89. The van der Waals surface area contributed by atoms with Gasteiger partial charge >= 0.3 is 0 Å². The lowest BCUT2D eigenvalue weighted by molar-refractivity contribution is -0.169. The molecule has 138 valence electrons. The maximum atomic E-state index is 12.4. The zero-order valence-corrected chi connectivity index (χ0v) is 14.0. The van der Waals surface area contributed by atoms with E-state index < -0.39 is 58.5 Å². The quantitative estimate of drug-likeness (QED) is 0.350. The van der Waals surface area contributed by atoms with Crippen LogP contribution in [0.5, 0.6) is 0 Å². The molecule has 5 atom stereocenters. The second-order valence-electron chi connectivity index (χ2n) is 5.88. The summed E-state index contributed by atoms with van der Waals surface area (Å²) >= 11 is 0. The van der Waals surface area contributed by atoms with Crippen molar-refractivity contribution in [3.8, 4) is 0 Å². The highest BCUT2D eigenvalue weighted by Gasteiger charge is 2.55. The summed E-state index contributed by atoms with van der Waals surface area (Å²) in [6, 6.07) is 3.81. The third kappa shape index (κ3) is 3.78. The summed E-state index contributed by atoms with van der Waals surface area (Å²) in [4.78, 5) is 23.8. The summed E-state index contributed by atoms with van der Waals surface area (Å²) in [5.74, 6) is -3.66. The lowest BCUT2D eigenvalue weighted by Gasteiger charge is -2.40. The Bertz CT molecular complexity index is 760. The van der Waals surface area contributed by atoms with E-state index in [1.54, 1.807) is 6.92 Å². The van der Waals surface area contributed by atoms with Crippen molar-refractivity contribution in [2.45, 2.75) is 36.2 Å². The van der Waals surface area contributed by atoms with Crippen molar-refractivity contribution in [2.24, 2.45) is 5.92 Å². The van der Waals surface area contributed by atoms with Crippen LogP contribution in [-0.4, -0.2) is 71.4 Å². The first-order valence-electron chi connectivity index (χ1n) is 7.41. The number of carbonyl (C=O) groups excluding carboxylic acids is 2. The van der Waals surface area contributed by atoms with Crippen molar-refractivity contribution in [3.05, 3.63) is 29.8 Å². The number of aliphatic hydroxyl groups is 4. The molecule has 9 nitrogen and oxygen atoms in total. The number of hydrogen-bond donors (Lipinski definition) is 5. The Hall–Kier alpha value is -1.69. The van der Waals surface area contributed by atoms with Gasteiger partial charge < -0.3 is 20.4 Å². The minimum Gasteiger partial charge on any atom is -0.393 e. The number of Topliss-reactive ketones (excluding diaryl/α,β-unsaturated/α-hetero) is 2. The summed E-state index contributed by atoms with van der Waals surface area (Å²) in [6.45, 7) is 0.764. The molecule has 0 saturated heterocycles. The number of rotatable bonds is 7. The second kappa shape index (κ2) is 7.28. The van der Waals surface area contributed by atoms with E-state index in [4.69, 9.17) is 5.11 Å². The van der Waals surface area contributed by atoms with Crippen molar-refractivity contribution in [1.29, 1.82) is 0 Å². The van der Waals surface area contributed by atoms with Crippen molar-refractivity contribution in [1.82, 2.24) is 4.72 Å². The lowest BCUT2D eigenvalue weighted by Crippen LogP contribution is -2.67. The molecular weight excluding hydrogens is 354 g/mol. The van der Waals surface area contributed by atoms with Crippen LogP contribution >= 0.6 is 0 Å². The number of sulfonamides is 1. The monoisotopic (exact) mass is 373 g/mol. The van der Waals surface area contributed by atoms with Crippen LogP contribution in [0.2, 0.25) is 0 Å². The van der Waals surface area contributed by atoms with Gasteiger partial charge in [-0.05, 0) is 19.1 Å². The van der Waals surface area contributed by atoms with E-state index in [0.717, 1.165) is 5.56 Å². The molecule has 5 N–H and O–H groups in total. The second-order valence-corrected chi connectivity index (χ2v) is 7.59. The Balaban J connectivity index is 2.34. The van der Waals surface area contributed by atoms with Crippen molar-refractivity contribution in [3.63, 3.8) is 0 Å². The maximum Gasteiger partial charge on any atom is 0.241 e. The van der Waals surface area contributed by atoms with Crippen LogP contribution in [0.3, 0.4) is 0 Å². The van der Waals surface area contributed by atoms with E-state index in [0.29, 0.717) is 0 Å². The standard InChI is InChI=1S/C15H19NO8S/c1-7-2-4-8(5-3-7)25(23,24)16-11(12(19)9(18)6-17)10-13(20)15(22)14(10)21/h2-5,9-11,13,15-18,20,22H,6H2,1H3/t9?,10-,11+,13?,15?/m1/s1. The van der Waals surface area contributed by atoms with Crippen LogP contribution < -0.4 is 4.72 Å². The van der Waals surface area contributed by atoms with Crippen LogP contribution in [0.1, 0.15) is 5.56 Å². The van der Waals surface area contributed by atoms with Gasteiger partial charge in [0.1, 0.15) is 12.2 Å². The van der Waals surface area contributed by atoms with Crippen LogP contribution in [-0.2, 0) is 19.6 Å². The Kier molecular flexibility index (Phi) is 5.72. The van der Waals surface area contributed by atoms with Gasteiger partial charge in [-0.1, -0.05) is 17.7 Å². The largest absolute Gasteiger partial charge is 0.393 e. The molecule has 0 amide bonds. The molecule has 0 radical (unpaired) electrons. The third-order valence-electron chi connectivity index (χ3n) is 4.09. The molecule has 1 aromatic carbocycles. The molecule has 0 bridgehead atoms. The molecule has 10 heteroatoms. The average Bonchev–Trinajstić information content (AvgIpc) is 2.59. The van der Waals surface area contributed by atoms with E-state index in [9.17, 15) is 33.3 Å². The van der Waals surface area contributed by atoms with E-state index >= 15 is 0 Å². The normalized spacial score (nSPS) is 26.0. The third-order valence-corrected chi connectivity index (χ3v) is 5.55. The average molecular weight is 373 g/mol. The minimum absolute atomic E-state index is 0.184. The van der Waals surface area contributed by atoms with Gasteiger partial charge in [-0.3, -0.25) is 9.59 Å². The molecule has 3 unspecified atom stereocenters. The van der Waals surface area contributed by atoms with E-state index in [1.165, 1.54) is 24.3 Å². The predicted octanol–water partition coefficient (Wildman–Crippen LogP) is -2.52. The van der Waals surface area contributed by atoms with E-state index in [1.807, 2.05) is 4.72 Å². The lowest BCUT2D eigenvalue weighted by atomic mass is 9.71. The fourth-order valence-electron chi connectivity index (χ4n) is 2.53. The summed E-state index contributed by atoms with van der Waals surface area (Å²) in [5, 5.41) is 37.5. The summed E-state index contributed by atoms with van der Waals surface area (Å²) in [7, 11) is -4.26. The Morgan fingerprint density at radius 2 is 1.80 bits per heavy atom. The molecule has 0 heterocycles. The molecule has 1 aliphatic carbocycles. The molecule has 0 aliphatic heterocycles. The molecule has 0 aromatic heterocycles. The van der Waals surface area contributed by atoms with Gasteiger partial charge in [0.05, 0.1) is 29.6 Å². The fraction of sp³-hybridized carbons (Fsp3) is 0.467. The molecule has 1 aliphatic rings. The number of carbonyl (C=O) groups is 2. The first kappa shape index (κ1) is 19.6. The molecule has 25 heavy (non-hydrogen) atoms. The SMILES string of the molecule is Cc1ccc(S(=O)(=O)N[C@H](C(=O)C(O)CO)[C@H]2C(=O)C(O)C2O)cc1. The van der Waals surface area contributed by atoms with Crippen LogP contribution in [0.15, 0.2) is 29.2 Å². The van der Waals surface area contributed by atoms with Crippen molar-refractivity contribution in [2.75, 3.05) is 6.61 Å². The van der Waals surface area contributed by atoms with Crippen LogP contribution in [0.25, 0.3) is 0 Å². The zero-order chi connectivity index (χ0) is 18.9. The fourth-order valence-corrected chi connectivity index (χ4v) is 3.76. The summed E-state index contributed by atoms with van der Waals surface area (Å²) < 4.78 is 26.9. The molecule has 1 aromatic rings. The van der Waals surface area contributed by atoms with Crippen molar-refractivity contribution < 1.29 is 38.4 Å². The van der Waals surface area contributed by atoms with Gasteiger partial charge in [0, 0.05) is 0 Å². The number of nitrogens with one attached hydrogen (secondary N) is 1. The van der Waals surface area contributed by atoms with Gasteiger partial charge in [-0.2, -0.15) is 4.72 Å². The Labute approximate surface area is 144 Å². The number of hydrogen-bond acceptors (Lipinski definition) is 8. The number of aliphatic hydroxyl groups excluding tert-OH is 4. The van der Waals surface area contributed by atoms with E-state index in [-0.39, 0.29) is 4.90 Å². The van der Waals surface area contributed by atoms with Crippen LogP contribution in [0, 0.1) is 12.8 Å². The minimum atomic E-state index is -4.26. The van der Waals surface area contributed by atoms with Crippen LogP contribution in [0.4, 0.5) is 0 Å². The molecule has 0 spiro atoms. The first-order chi connectivity index (χ1) is 11.6. The number of benzene rings is 1. The number of ketones is 2. The molecular formula is C15H19NO8S. The predicted molar refractivity (Wildman–Crippen MR) is 83.9 cm³/mol. The van der Waals surface area contributed by atoms with E-state index in [2.05, 4.69) is 0 Å². The Morgan fingerprint density at radius 3 is 2.28 bits per heavy atom. The summed E-state index contributed by atoms with van der Waals surface area (Å²) in [6.07, 6.45) is -5.33. The highest BCUT2D eigenvalue weighted by Crippen LogP contribution is 2.29. The van der Waals surface area contributed by atoms with Gasteiger partial charge in [-0.15, -0.1) is 0 Å². The molecule has 1 saturated carbocycles. The zero-order valence-electron chi connectivity index (χ0n) is 13.2. The topological polar surface area (TPSA) is 161 Å². The molecule has 2 rings (SSSR count). The first-order valence-corrected chi connectivity index (χ1v) is 8.90. The molecule has 1 fully saturated rings.